The van der Waals surface area contributed by atoms with Gasteiger partial charge in [0, 0.05) is 56.3 Å². The molecule has 0 radical (unpaired) electrons. The summed E-state index contributed by atoms with van der Waals surface area (Å²) in [6.07, 6.45) is 1.53. The van der Waals surface area contributed by atoms with Crippen molar-refractivity contribution in [2.75, 3.05) is 49.1 Å². The van der Waals surface area contributed by atoms with E-state index < -0.39 is 0 Å². The Bertz CT molecular complexity index is 533. The van der Waals surface area contributed by atoms with E-state index >= 15 is 0 Å². The van der Waals surface area contributed by atoms with Crippen LogP contribution in [0.2, 0.25) is 0 Å². The van der Waals surface area contributed by atoms with Crippen molar-refractivity contribution in [3.63, 3.8) is 0 Å². The molecule has 0 spiro atoms. The number of thioether (sulfide) groups is 1. The third-order valence-corrected chi connectivity index (χ3v) is 5.32. The van der Waals surface area contributed by atoms with Crippen LogP contribution >= 0.6 is 11.8 Å². The summed E-state index contributed by atoms with van der Waals surface area (Å²) in [5.41, 5.74) is 5.10. The lowest BCUT2D eigenvalue weighted by Crippen LogP contribution is -2.47. The zero-order chi connectivity index (χ0) is 15.9. The Morgan fingerprint density at radius 2 is 1.96 bits per heavy atom. The highest BCUT2D eigenvalue weighted by molar-refractivity contribution is 8.00. The molecule has 0 saturated carbocycles. The van der Waals surface area contributed by atoms with Gasteiger partial charge in [0.1, 0.15) is 0 Å². The molecule has 23 heavy (non-hydrogen) atoms. The first-order chi connectivity index (χ1) is 11.3. The van der Waals surface area contributed by atoms with Crippen molar-refractivity contribution in [1.82, 2.24) is 10.3 Å². The summed E-state index contributed by atoms with van der Waals surface area (Å²) in [5.74, 6) is 2.11. The van der Waals surface area contributed by atoms with Gasteiger partial charge in [-0.05, 0) is 24.3 Å². The van der Waals surface area contributed by atoms with Crippen molar-refractivity contribution >= 4 is 29.1 Å². The Balaban J connectivity index is 1.36. The van der Waals surface area contributed by atoms with Crippen LogP contribution in [0.1, 0.15) is 12.8 Å². The molecule has 0 aliphatic carbocycles. The standard InChI is InChI=1S/C17H24N4OS/c22-17(19-18-15-7-13-23-14-15)6-8-20-9-11-21(12-10-20)16-4-2-1-3-5-16/h1-5H,6-14H2,(H,19,22)/b18-15-. The van der Waals surface area contributed by atoms with Gasteiger partial charge >= 0.3 is 0 Å². The molecule has 0 atom stereocenters. The second-order valence-corrected chi connectivity index (χ2v) is 7.04. The van der Waals surface area contributed by atoms with E-state index in [1.807, 2.05) is 17.8 Å². The number of benzene rings is 1. The Morgan fingerprint density at radius 1 is 1.17 bits per heavy atom. The molecule has 1 aromatic carbocycles. The fourth-order valence-electron chi connectivity index (χ4n) is 2.87. The van der Waals surface area contributed by atoms with Crippen LogP contribution in [0.3, 0.4) is 0 Å². The third-order valence-electron chi connectivity index (χ3n) is 4.29. The molecule has 0 bridgehead atoms. The number of carbonyl (C=O) groups is 1. The summed E-state index contributed by atoms with van der Waals surface area (Å²) in [6.45, 7) is 4.87. The number of hydrogen-bond donors (Lipinski definition) is 1. The van der Waals surface area contributed by atoms with Gasteiger partial charge in [-0.25, -0.2) is 5.43 Å². The predicted molar refractivity (Wildman–Crippen MR) is 97.2 cm³/mol. The minimum atomic E-state index is 0.0277. The molecule has 3 rings (SSSR count). The van der Waals surface area contributed by atoms with Crippen LogP contribution in [-0.2, 0) is 4.79 Å². The van der Waals surface area contributed by atoms with E-state index in [4.69, 9.17) is 0 Å². The lowest BCUT2D eigenvalue weighted by Gasteiger charge is -2.36. The fraction of sp³-hybridized carbons (Fsp3) is 0.529. The van der Waals surface area contributed by atoms with Gasteiger partial charge in [0.25, 0.3) is 0 Å². The van der Waals surface area contributed by atoms with Crippen LogP contribution in [-0.4, -0.2) is 60.7 Å². The Hall–Kier alpha value is -1.53. The quantitative estimate of drug-likeness (QED) is 0.836. The van der Waals surface area contributed by atoms with Crippen LogP contribution in [0.5, 0.6) is 0 Å². The molecule has 0 aromatic heterocycles. The van der Waals surface area contributed by atoms with Crippen molar-refractivity contribution in [1.29, 1.82) is 0 Å². The van der Waals surface area contributed by atoms with Gasteiger partial charge in [0.15, 0.2) is 0 Å². The largest absolute Gasteiger partial charge is 0.369 e. The summed E-state index contributed by atoms with van der Waals surface area (Å²) in [5, 5.41) is 4.21. The topological polar surface area (TPSA) is 47.9 Å². The van der Waals surface area contributed by atoms with Gasteiger partial charge in [-0.2, -0.15) is 16.9 Å². The van der Waals surface area contributed by atoms with Crippen molar-refractivity contribution < 1.29 is 4.79 Å². The molecule has 2 fully saturated rings. The molecule has 2 aliphatic heterocycles. The fourth-order valence-corrected chi connectivity index (χ4v) is 3.83. The van der Waals surface area contributed by atoms with Crippen LogP contribution in [0.25, 0.3) is 0 Å². The van der Waals surface area contributed by atoms with Crippen molar-refractivity contribution in [2.24, 2.45) is 5.10 Å². The molecule has 6 heteroatoms. The first kappa shape index (κ1) is 16.3. The van der Waals surface area contributed by atoms with E-state index in [1.165, 1.54) is 5.69 Å². The maximum Gasteiger partial charge on any atom is 0.241 e. The highest BCUT2D eigenvalue weighted by Crippen LogP contribution is 2.15. The number of hydrazone groups is 1. The average Bonchev–Trinajstić information content (AvgIpc) is 3.13. The zero-order valence-corrected chi connectivity index (χ0v) is 14.2. The molecule has 1 amide bonds. The van der Waals surface area contributed by atoms with Crippen molar-refractivity contribution in [3.05, 3.63) is 30.3 Å². The van der Waals surface area contributed by atoms with E-state index in [-0.39, 0.29) is 5.91 Å². The van der Waals surface area contributed by atoms with E-state index in [0.717, 1.165) is 56.4 Å². The number of hydrogen-bond acceptors (Lipinski definition) is 5. The number of rotatable bonds is 5. The SMILES string of the molecule is O=C(CCN1CCN(c2ccccc2)CC1)N/N=C1/CCSC1. The predicted octanol–water partition coefficient (Wildman–Crippen LogP) is 1.81. The number of anilines is 1. The Labute approximate surface area is 142 Å². The minimum absolute atomic E-state index is 0.0277. The summed E-state index contributed by atoms with van der Waals surface area (Å²) in [6, 6.07) is 10.5. The molecule has 1 N–H and O–H groups in total. The van der Waals surface area contributed by atoms with E-state index in [1.54, 1.807) is 0 Å². The summed E-state index contributed by atoms with van der Waals surface area (Å²) >= 11 is 1.87. The number of nitrogens with zero attached hydrogens (tertiary/aromatic N) is 3. The van der Waals surface area contributed by atoms with Crippen molar-refractivity contribution in [3.8, 4) is 0 Å². The number of piperazine rings is 1. The maximum absolute atomic E-state index is 11.9. The van der Waals surface area contributed by atoms with Crippen LogP contribution in [0.15, 0.2) is 35.4 Å². The van der Waals surface area contributed by atoms with Gasteiger partial charge in [-0.15, -0.1) is 0 Å². The highest BCUT2D eigenvalue weighted by Gasteiger charge is 2.17. The number of nitrogens with one attached hydrogen (secondary N) is 1. The van der Waals surface area contributed by atoms with Crippen LogP contribution < -0.4 is 10.3 Å². The molecule has 124 valence electrons. The molecule has 5 nitrogen and oxygen atoms in total. The highest BCUT2D eigenvalue weighted by atomic mass is 32.2. The van der Waals surface area contributed by atoms with E-state index in [2.05, 4.69) is 44.6 Å². The molecule has 1 aromatic rings. The Kier molecular flexibility index (Phi) is 5.93. The summed E-state index contributed by atoms with van der Waals surface area (Å²) in [7, 11) is 0. The minimum Gasteiger partial charge on any atom is -0.369 e. The second-order valence-electron chi connectivity index (χ2n) is 5.93. The first-order valence-corrected chi connectivity index (χ1v) is 9.41. The number of carbonyl (C=O) groups excluding carboxylic acids is 1. The first-order valence-electron chi connectivity index (χ1n) is 8.25. The van der Waals surface area contributed by atoms with Crippen LogP contribution in [0.4, 0.5) is 5.69 Å². The lowest BCUT2D eigenvalue weighted by atomic mass is 10.2. The molecule has 2 saturated heterocycles. The summed E-state index contributed by atoms with van der Waals surface area (Å²) < 4.78 is 0. The molecule has 0 unspecified atom stereocenters. The van der Waals surface area contributed by atoms with Gasteiger partial charge in [-0.3, -0.25) is 9.69 Å². The second kappa shape index (κ2) is 8.36. The number of amides is 1. The van der Waals surface area contributed by atoms with Gasteiger partial charge in [0.05, 0.1) is 0 Å². The van der Waals surface area contributed by atoms with Gasteiger partial charge < -0.3 is 4.90 Å². The van der Waals surface area contributed by atoms with Gasteiger partial charge in [0.2, 0.25) is 5.91 Å². The molecular formula is C17H24N4OS. The summed E-state index contributed by atoms with van der Waals surface area (Å²) in [4.78, 5) is 16.6. The molecule has 2 heterocycles. The van der Waals surface area contributed by atoms with E-state index in [9.17, 15) is 4.79 Å². The molecule has 2 aliphatic rings. The van der Waals surface area contributed by atoms with Crippen LogP contribution in [0, 0.1) is 0 Å². The molecular weight excluding hydrogens is 308 g/mol. The average molecular weight is 332 g/mol. The smallest absolute Gasteiger partial charge is 0.241 e. The number of para-hydroxylation sites is 1. The normalized spacial score (nSPS) is 20.9. The van der Waals surface area contributed by atoms with Gasteiger partial charge in [-0.1, -0.05) is 18.2 Å². The lowest BCUT2D eigenvalue weighted by molar-refractivity contribution is -0.121. The monoisotopic (exact) mass is 332 g/mol. The maximum atomic E-state index is 11.9. The third kappa shape index (κ3) is 4.97. The van der Waals surface area contributed by atoms with Crippen molar-refractivity contribution in [2.45, 2.75) is 12.8 Å². The Morgan fingerprint density at radius 3 is 2.65 bits per heavy atom. The zero-order valence-electron chi connectivity index (χ0n) is 13.4. The van der Waals surface area contributed by atoms with E-state index in [0.29, 0.717) is 6.42 Å².